The van der Waals surface area contributed by atoms with Gasteiger partial charge in [0.2, 0.25) is 0 Å². The molecule has 134 valence electrons. The van der Waals surface area contributed by atoms with E-state index in [4.69, 9.17) is 0 Å². The maximum atomic E-state index is 12.8. The topological polar surface area (TPSA) is 49.6 Å². The maximum Gasteiger partial charge on any atom is 0.255 e. The van der Waals surface area contributed by atoms with Gasteiger partial charge in [0.1, 0.15) is 5.65 Å². The number of fused-ring (bicyclic) bond motifs is 1. The van der Waals surface area contributed by atoms with Gasteiger partial charge >= 0.3 is 0 Å². The zero-order chi connectivity index (χ0) is 18.1. The summed E-state index contributed by atoms with van der Waals surface area (Å²) in [5.41, 5.74) is 4.66. The Hall–Kier alpha value is -2.82. The van der Waals surface area contributed by atoms with Crippen LogP contribution in [0.1, 0.15) is 34.6 Å². The minimum Gasteiger partial charge on any atom is -0.371 e. The highest BCUT2D eigenvalue weighted by Gasteiger charge is 2.23. The molecule has 1 aliphatic rings. The normalized spacial score (nSPS) is 15.4. The Morgan fingerprint density at radius 1 is 1.12 bits per heavy atom. The van der Waals surface area contributed by atoms with Crippen molar-refractivity contribution in [2.75, 3.05) is 18.0 Å². The molecule has 0 unspecified atom stereocenters. The number of carbonyl (C=O) groups excluding carboxylic acids is 1. The summed E-state index contributed by atoms with van der Waals surface area (Å²) in [4.78, 5) is 19.7. The number of amides is 1. The number of carbonyl (C=O) groups is 1. The molecular formula is C21H24N4O. The fourth-order valence-electron chi connectivity index (χ4n) is 3.76. The number of hydrogen-bond acceptors (Lipinski definition) is 3. The minimum atomic E-state index is -0.0249. The van der Waals surface area contributed by atoms with Crippen LogP contribution in [0.5, 0.6) is 0 Å². The number of anilines is 1. The molecule has 4 rings (SSSR count). The van der Waals surface area contributed by atoms with Crippen LogP contribution >= 0.6 is 0 Å². The van der Waals surface area contributed by atoms with E-state index >= 15 is 0 Å². The Labute approximate surface area is 153 Å². The van der Waals surface area contributed by atoms with Gasteiger partial charge in [0, 0.05) is 42.4 Å². The molecule has 1 fully saturated rings. The third kappa shape index (κ3) is 3.17. The molecule has 0 spiro atoms. The maximum absolute atomic E-state index is 12.8. The lowest BCUT2D eigenvalue weighted by atomic mass is 10.0. The van der Waals surface area contributed by atoms with Gasteiger partial charge in [-0.05, 0) is 51.0 Å². The van der Waals surface area contributed by atoms with Crippen molar-refractivity contribution in [3.8, 4) is 0 Å². The highest BCUT2D eigenvalue weighted by molar-refractivity contribution is 6.00. The summed E-state index contributed by atoms with van der Waals surface area (Å²) in [7, 11) is 0. The second kappa shape index (κ2) is 6.83. The van der Waals surface area contributed by atoms with Crippen LogP contribution in [0, 0.1) is 13.8 Å². The van der Waals surface area contributed by atoms with E-state index in [1.54, 1.807) is 0 Å². The molecule has 1 saturated heterocycles. The standard InChI is InChI=1S/C21H24N4O/c1-15-14-16(2)25-13-10-19(20(25)22-15)21(26)23-17-8-11-24(12-9-17)18-6-4-3-5-7-18/h3-7,10,13-14,17H,8-9,11-12H2,1-2H3,(H,23,26). The minimum absolute atomic E-state index is 0.0249. The molecule has 2 aromatic heterocycles. The van der Waals surface area contributed by atoms with Crippen molar-refractivity contribution in [3.63, 3.8) is 0 Å². The first kappa shape index (κ1) is 16.6. The molecule has 3 heterocycles. The monoisotopic (exact) mass is 348 g/mol. The smallest absolute Gasteiger partial charge is 0.255 e. The summed E-state index contributed by atoms with van der Waals surface area (Å²) in [5, 5.41) is 3.21. The van der Waals surface area contributed by atoms with E-state index in [1.807, 2.05) is 42.6 Å². The number of piperidine rings is 1. The van der Waals surface area contributed by atoms with Gasteiger partial charge < -0.3 is 14.6 Å². The fourth-order valence-corrected chi connectivity index (χ4v) is 3.76. The number of nitrogens with zero attached hydrogens (tertiary/aromatic N) is 3. The molecule has 26 heavy (non-hydrogen) atoms. The van der Waals surface area contributed by atoms with Gasteiger partial charge in [0.15, 0.2) is 0 Å². The Morgan fingerprint density at radius 3 is 2.58 bits per heavy atom. The Morgan fingerprint density at radius 2 is 1.85 bits per heavy atom. The average Bonchev–Trinajstić information content (AvgIpc) is 3.07. The van der Waals surface area contributed by atoms with Crippen LogP contribution < -0.4 is 10.2 Å². The average molecular weight is 348 g/mol. The van der Waals surface area contributed by atoms with Gasteiger partial charge in [-0.1, -0.05) is 18.2 Å². The van der Waals surface area contributed by atoms with E-state index in [-0.39, 0.29) is 11.9 Å². The summed E-state index contributed by atoms with van der Waals surface area (Å²) in [6.07, 6.45) is 3.83. The molecule has 5 nitrogen and oxygen atoms in total. The van der Waals surface area contributed by atoms with Gasteiger partial charge in [-0.25, -0.2) is 4.98 Å². The van der Waals surface area contributed by atoms with E-state index in [9.17, 15) is 4.79 Å². The van der Waals surface area contributed by atoms with Crippen LogP contribution in [-0.4, -0.2) is 34.4 Å². The van der Waals surface area contributed by atoms with E-state index < -0.39 is 0 Å². The van der Waals surface area contributed by atoms with Crippen molar-refractivity contribution in [2.45, 2.75) is 32.7 Å². The summed E-state index contributed by atoms with van der Waals surface area (Å²) >= 11 is 0. The lowest BCUT2D eigenvalue weighted by molar-refractivity contribution is 0.0932. The van der Waals surface area contributed by atoms with Gasteiger partial charge in [0.25, 0.3) is 5.91 Å². The summed E-state index contributed by atoms with van der Waals surface area (Å²) < 4.78 is 1.97. The predicted octanol–water partition coefficient (Wildman–Crippen LogP) is 3.35. The van der Waals surface area contributed by atoms with Crippen LogP contribution in [0.4, 0.5) is 5.69 Å². The first-order valence-corrected chi connectivity index (χ1v) is 9.18. The number of nitrogens with one attached hydrogen (secondary N) is 1. The number of benzene rings is 1. The molecule has 1 aromatic carbocycles. The van der Waals surface area contributed by atoms with Crippen LogP contribution in [-0.2, 0) is 0 Å². The number of hydrogen-bond donors (Lipinski definition) is 1. The first-order chi connectivity index (χ1) is 12.6. The van der Waals surface area contributed by atoms with Gasteiger partial charge in [0.05, 0.1) is 5.56 Å². The summed E-state index contributed by atoms with van der Waals surface area (Å²) in [5.74, 6) is -0.0249. The summed E-state index contributed by atoms with van der Waals surface area (Å²) in [6.45, 7) is 5.91. The number of aryl methyl sites for hydroxylation is 2. The molecule has 0 aliphatic carbocycles. The van der Waals surface area contributed by atoms with Crippen LogP contribution in [0.3, 0.4) is 0 Å². The van der Waals surface area contributed by atoms with Crippen molar-refractivity contribution >= 4 is 17.2 Å². The van der Waals surface area contributed by atoms with Gasteiger partial charge in [-0.3, -0.25) is 4.79 Å². The van der Waals surface area contributed by atoms with Gasteiger partial charge in [-0.15, -0.1) is 0 Å². The van der Waals surface area contributed by atoms with Crippen molar-refractivity contribution in [1.82, 2.24) is 14.7 Å². The molecule has 1 amide bonds. The Balaban J connectivity index is 1.43. The molecule has 0 atom stereocenters. The second-order valence-electron chi connectivity index (χ2n) is 7.03. The number of para-hydroxylation sites is 1. The molecule has 1 N–H and O–H groups in total. The SMILES string of the molecule is Cc1cc(C)n2ccc(C(=O)NC3CCN(c4ccccc4)CC3)c2n1. The van der Waals surface area contributed by atoms with E-state index in [0.717, 1.165) is 43.0 Å². The fraction of sp³-hybridized carbons (Fsp3) is 0.333. The zero-order valence-electron chi connectivity index (χ0n) is 15.3. The van der Waals surface area contributed by atoms with Crippen molar-refractivity contribution in [1.29, 1.82) is 0 Å². The van der Waals surface area contributed by atoms with E-state index in [1.165, 1.54) is 5.69 Å². The zero-order valence-corrected chi connectivity index (χ0v) is 15.3. The number of rotatable bonds is 3. The first-order valence-electron chi connectivity index (χ1n) is 9.18. The van der Waals surface area contributed by atoms with Crippen LogP contribution in [0.15, 0.2) is 48.7 Å². The molecule has 0 radical (unpaired) electrons. The molecule has 1 aliphatic heterocycles. The predicted molar refractivity (Wildman–Crippen MR) is 104 cm³/mol. The quantitative estimate of drug-likeness (QED) is 0.790. The lowest BCUT2D eigenvalue weighted by Gasteiger charge is -2.33. The van der Waals surface area contributed by atoms with Crippen molar-refractivity contribution in [2.24, 2.45) is 0 Å². The third-order valence-corrected chi connectivity index (χ3v) is 5.14. The highest BCUT2D eigenvalue weighted by Crippen LogP contribution is 2.20. The second-order valence-corrected chi connectivity index (χ2v) is 7.03. The molecule has 0 saturated carbocycles. The van der Waals surface area contributed by atoms with Crippen molar-refractivity contribution < 1.29 is 4.79 Å². The van der Waals surface area contributed by atoms with Crippen LogP contribution in [0.25, 0.3) is 5.65 Å². The number of aromatic nitrogens is 2. The van der Waals surface area contributed by atoms with E-state index in [2.05, 4.69) is 39.5 Å². The summed E-state index contributed by atoms with van der Waals surface area (Å²) in [6, 6.07) is 14.6. The highest BCUT2D eigenvalue weighted by atomic mass is 16.1. The molecule has 0 bridgehead atoms. The molecule has 3 aromatic rings. The van der Waals surface area contributed by atoms with Crippen molar-refractivity contribution in [3.05, 3.63) is 65.6 Å². The Bertz CT molecular complexity index is 924. The Kier molecular flexibility index (Phi) is 4.37. The van der Waals surface area contributed by atoms with E-state index in [0.29, 0.717) is 5.56 Å². The lowest BCUT2D eigenvalue weighted by Crippen LogP contribution is -2.44. The third-order valence-electron chi connectivity index (χ3n) is 5.14. The van der Waals surface area contributed by atoms with Gasteiger partial charge in [-0.2, -0.15) is 0 Å². The van der Waals surface area contributed by atoms with Crippen LogP contribution in [0.2, 0.25) is 0 Å². The largest absolute Gasteiger partial charge is 0.371 e. The molecular weight excluding hydrogens is 324 g/mol. The molecule has 5 heteroatoms.